The maximum Gasteiger partial charge on any atom is 0.223 e. The number of aryl methyl sites for hydroxylation is 2. The third-order valence-electron chi connectivity index (χ3n) is 6.98. The number of halogens is 1. The van der Waals surface area contributed by atoms with Gasteiger partial charge in [0.2, 0.25) is 5.91 Å². The number of nitrogens with zero attached hydrogens (tertiary/aromatic N) is 1. The van der Waals surface area contributed by atoms with Crippen molar-refractivity contribution in [2.24, 2.45) is 0 Å². The summed E-state index contributed by atoms with van der Waals surface area (Å²) in [5.41, 5.74) is 3.09. The Balaban J connectivity index is 1.38. The number of methoxy groups -OCH3 is 1. The molecule has 1 saturated heterocycles. The van der Waals surface area contributed by atoms with Gasteiger partial charge in [-0.1, -0.05) is 23.2 Å². The maximum atomic E-state index is 13.0. The summed E-state index contributed by atoms with van der Waals surface area (Å²) in [6, 6.07) is 7.29. The van der Waals surface area contributed by atoms with Gasteiger partial charge < -0.3 is 14.4 Å². The molecule has 2 aromatic rings. The normalized spacial score (nSPS) is 16.7. The van der Waals surface area contributed by atoms with Crippen molar-refractivity contribution in [2.45, 2.75) is 58.5 Å². The van der Waals surface area contributed by atoms with Crippen LogP contribution in [0.4, 0.5) is 0 Å². The Hall–Kier alpha value is -2.86. The number of carbonyl (C=O) groups is 3. The molecule has 0 N–H and O–H groups in total. The van der Waals surface area contributed by atoms with Gasteiger partial charge in [0.15, 0.2) is 11.6 Å². The Labute approximate surface area is 205 Å². The quantitative estimate of drug-likeness (QED) is 0.542. The summed E-state index contributed by atoms with van der Waals surface area (Å²) in [6.07, 6.45) is 1.70. The average Bonchev–Trinajstić information content (AvgIpc) is 2.81. The third-order valence-corrected chi connectivity index (χ3v) is 7.56. The van der Waals surface area contributed by atoms with Crippen molar-refractivity contribution in [3.63, 3.8) is 0 Å². The Morgan fingerprint density at radius 1 is 1.12 bits per heavy atom. The van der Waals surface area contributed by atoms with Crippen molar-refractivity contribution < 1.29 is 23.9 Å². The van der Waals surface area contributed by atoms with Crippen LogP contribution >= 0.6 is 11.6 Å². The number of ketones is 2. The lowest BCUT2D eigenvalue weighted by atomic mass is 9.81. The predicted octanol–water partition coefficient (Wildman–Crippen LogP) is 5.26. The lowest BCUT2D eigenvalue weighted by molar-refractivity contribution is -0.134. The summed E-state index contributed by atoms with van der Waals surface area (Å²) in [5.74, 6) is 0.987. The van der Waals surface area contributed by atoms with Crippen LogP contribution in [0.1, 0.15) is 69.5 Å². The van der Waals surface area contributed by atoms with E-state index >= 15 is 0 Å². The molecular formula is C27H30ClNO5. The standard InChI is InChI=1S/C27H30ClNO5/c1-16-5-7-22(33-4)19(13-16)20(30)6-8-24(32)29-11-9-27(10-12-29)15-21(31)25-18(3)26(28)17(2)14-23(25)34-27/h5,7,13-14H,6,8-12,15H2,1-4H3. The second-order valence-electron chi connectivity index (χ2n) is 9.40. The number of likely N-dealkylation sites (tertiary alicyclic amines) is 1. The molecule has 2 aliphatic heterocycles. The number of Topliss-reactive ketones (excluding diaryl/α,β-unsaturated/α-hetero) is 2. The fourth-order valence-corrected chi connectivity index (χ4v) is 5.14. The Kier molecular flexibility index (Phi) is 6.72. The molecule has 2 aromatic carbocycles. The summed E-state index contributed by atoms with van der Waals surface area (Å²) in [6.45, 7) is 6.66. The van der Waals surface area contributed by atoms with E-state index in [0.29, 0.717) is 53.6 Å². The summed E-state index contributed by atoms with van der Waals surface area (Å²) in [5, 5.41) is 0.602. The first-order valence-corrected chi connectivity index (χ1v) is 12.0. The molecule has 0 aliphatic carbocycles. The van der Waals surface area contributed by atoms with Crippen LogP contribution in [0.2, 0.25) is 5.02 Å². The molecule has 2 heterocycles. The van der Waals surface area contributed by atoms with Crippen LogP contribution in [-0.4, -0.2) is 48.2 Å². The van der Waals surface area contributed by atoms with Gasteiger partial charge in [0.25, 0.3) is 0 Å². The van der Waals surface area contributed by atoms with Gasteiger partial charge in [-0.25, -0.2) is 0 Å². The van der Waals surface area contributed by atoms with Gasteiger partial charge in [-0.3, -0.25) is 14.4 Å². The van der Waals surface area contributed by atoms with E-state index in [0.717, 1.165) is 16.7 Å². The monoisotopic (exact) mass is 483 g/mol. The molecule has 6 nitrogen and oxygen atoms in total. The van der Waals surface area contributed by atoms with Crippen LogP contribution in [0.5, 0.6) is 11.5 Å². The molecule has 0 saturated carbocycles. The van der Waals surface area contributed by atoms with E-state index in [1.54, 1.807) is 17.0 Å². The fourth-order valence-electron chi connectivity index (χ4n) is 5.00. The van der Waals surface area contributed by atoms with Gasteiger partial charge in [-0.2, -0.15) is 0 Å². The second kappa shape index (κ2) is 9.41. The van der Waals surface area contributed by atoms with E-state index in [1.807, 2.05) is 32.9 Å². The van der Waals surface area contributed by atoms with Gasteiger partial charge in [-0.15, -0.1) is 0 Å². The largest absolute Gasteiger partial charge is 0.496 e. The van der Waals surface area contributed by atoms with Gasteiger partial charge in [-0.05, 0) is 50.1 Å². The van der Waals surface area contributed by atoms with Crippen LogP contribution in [0.3, 0.4) is 0 Å². The summed E-state index contributed by atoms with van der Waals surface area (Å²) in [4.78, 5) is 40.3. The summed E-state index contributed by atoms with van der Waals surface area (Å²) >= 11 is 6.34. The van der Waals surface area contributed by atoms with Gasteiger partial charge in [0.05, 0.1) is 24.7 Å². The highest BCUT2D eigenvalue weighted by Crippen LogP contribution is 2.43. The lowest BCUT2D eigenvalue weighted by Gasteiger charge is -2.44. The van der Waals surface area contributed by atoms with E-state index in [-0.39, 0.29) is 36.7 Å². The molecule has 0 radical (unpaired) electrons. The second-order valence-corrected chi connectivity index (χ2v) is 9.78. The molecule has 0 unspecified atom stereocenters. The molecule has 2 aliphatic rings. The SMILES string of the molecule is COc1ccc(C)cc1C(=O)CCC(=O)N1CCC2(CC1)CC(=O)c1c(cc(C)c(Cl)c1C)O2. The molecule has 180 valence electrons. The van der Waals surface area contributed by atoms with Crippen LogP contribution in [0, 0.1) is 20.8 Å². The summed E-state index contributed by atoms with van der Waals surface area (Å²) < 4.78 is 11.7. The van der Waals surface area contributed by atoms with E-state index < -0.39 is 5.60 Å². The lowest BCUT2D eigenvalue weighted by Crippen LogP contribution is -2.52. The fraction of sp³-hybridized carbons (Fsp3) is 0.444. The number of ether oxygens (including phenoxy) is 2. The molecule has 0 aromatic heterocycles. The van der Waals surface area contributed by atoms with E-state index in [2.05, 4.69) is 0 Å². The van der Waals surface area contributed by atoms with Crippen LogP contribution in [-0.2, 0) is 4.79 Å². The zero-order valence-electron chi connectivity index (χ0n) is 20.1. The zero-order valence-corrected chi connectivity index (χ0v) is 20.9. The first kappa shape index (κ1) is 24.3. The minimum Gasteiger partial charge on any atom is -0.496 e. The van der Waals surface area contributed by atoms with E-state index in [1.165, 1.54) is 7.11 Å². The smallest absolute Gasteiger partial charge is 0.223 e. The molecule has 1 fully saturated rings. The van der Waals surface area contributed by atoms with Crippen molar-refractivity contribution in [1.29, 1.82) is 0 Å². The number of rotatable bonds is 5. The van der Waals surface area contributed by atoms with E-state index in [9.17, 15) is 14.4 Å². The Bertz CT molecular complexity index is 1160. The van der Waals surface area contributed by atoms with Crippen molar-refractivity contribution in [3.05, 3.63) is 57.1 Å². The number of piperidine rings is 1. The maximum absolute atomic E-state index is 13.0. The molecule has 7 heteroatoms. The number of amides is 1. The number of hydrogen-bond acceptors (Lipinski definition) is 5. The number of benzene rings is 2. The number of hydrogen-bond donors (Lipinski definition) is 0. The summed E-state index contributed by atoms with van der Waals surface area (Å²) in [7, 11) is 1.53. The Morgan fingerprint density at radius 3 is 2.50 bits per heavy atom. The molecule has 0 atom stereocenters. The molecule has 34 heavy (non-hydrogen) atoms. The predicted molar refractivity (Wildman–Crippen MR) is 130 cm³/mol. The van der Waals surface area contributed by atoms with Crippen molar-refractivity contribution in [3.8, 4) is 11.5 Å². The topological polar surface area (TPSA) is 72.9 Å². The van der Waals surface area contributed by atoms with Gasteiger partial charge in [0.1, 0.15) is 17.1 Å². The first-order chi connectivity index (χ1) is 16.1. The van der Waals surface area contributed by atoms with Crippen molar-refractivity contribution in [2.75, 3.05) is 20.2 Å². The van der Waals surface area contributed by atoms with Crippen LogP contribution in [0.25, 0.3) is 0 Å². The van der Waals surface area contributed by atoms with Crippen molar-refractivity contribution >= 4 is 29.1 Å². The molecular weight excluding hydrogens is 454 g/mol. The number of carbonyl (C=O) groups excluding carboxylic acids is 3. The van der Waals surface area contributed by atoms with Crippen LogP contribution < -0.4 is 9.47 Å². The van der Waals surface area contributed by atoms with Gasteiger partial charge >= 0.3 is 0 Å². The molecule has 4 rings (SSSR count). The van der Waals surface area contributed by atoms with Crippen LogP contribution in [0.15, 0.2) is 24.3 Å². The molecule has 0 bridgehead atoms. The van der Waals surface area contributed by atoms with Gasteiger partial charge in [0, 0.05) is 43.8 Å². The highest BCUT2D eigenvalue weighted by molar-refractivity contribution is 6.32. The first-order valence-electron chi connectivity index (χ1n) is 11.6. The number of fused-ring (bicyclic) bond motifs is 1. The third kappa shape index (κ3) is 4.56. The minimum atomic E-state index is -0.599. The highest BCUT2D eigenvalue weighted by atomic mass is 35.5. The van der Waals surface area contributed by atoms with E-state index in [4.69, 9.17) is 21.1 Å². The minimum absolute atomic E-state index is 0.0399. The highest BCUT2D eigenvalue weighted by Gasteiger charge is 2.44. The Morgan fingerprint density at radius 2 is 1.82 bits per heavy atom. The molecule has 1 amide bonds. The molecule has 1 spiro atoms. The average molecular weight is 484 g/mol. The zero-order chi connectivity index (χ0) is 24.6. The van der Waals surface area contributed by atoms with Crippen molar-refractivity contribution in [1.82, 2.24) is 4.90 Å².